The van der Waals surface area contributed by atoms with Crippen molar-refractivity contribution >= 4 is 0 Å². The van der Waals surface area contributed by atoms with Gasteiger partial charge < -0.3 is 5.32 Å². The molecule has 0 unspecified atom stereocenters. The van der Waals surface area contributed by atoms with Crippen molar-refractivity contribution in [2.75, 3.05) is 0 Å². The second-order valence-electron chi connectivity index (χ2n) is 4.37. The summed E-state index contributed by atoms with van der Waals surface area (Å²) >= 11 is 0. The quantitative estimate of drug-likeness (QED) is 0.844. The van der Waals surface area contributed by atoms with Crippen LogP contribution in [0.2, 0.25) is 0 Å². The molecule has 0 bridgehead atoms. The van der Waals surface area contributed by atoms with Crippen LogP contribution in [0.3, 0.4) is 0 Å². The maximum Gasteiger partial charge on any atom is 0.127 e. The van der Waals surface area contributed by atoms with Crippen LogP contribution in [0.1, 0.15) is 23.6 Å². The van der Waals surface area contributed by atoms with E-state index in [9.17, 15) is 4.39 Å². The fraction of sp³-hybridized carbons (Fsp3) is 0.250. The fourth-order valence-electron chi connectivity index (χ4n) is 1.88. The molecule has 0 atom stereocenters. The molecule has 1 nitrogen and oxygen atoms in total. The third kappa shape index (κ3) is 3.41. The molecule has 0 aromatic heterocycles. The van der Waals surface area contributed by atoms with E-state index < -0.39 is 0 Å². The highest BCUT2D eigenvalue weighted by molar-refractivity contribution is 5.22. The monoisotopic (exact) mass is 243 g/mol. The van der Waals surface area contributed by atoms with Crippen LogP contribution in [0.25, 0.3) is 0 Å². The highest BCUT2D eigenvalue weighted by Crippen LogP contribution is 2.07. The van der Waals surface area contributed by atoms with E-state index in [1.807, 2.05) is 12.1 Å². The number of benzene rings is 2. The molecule has 0 aliphatic carbocycles. The van der Waals surface area contributed by atoms with Gasteiger partial charge in [-0.25, -0.2) is 4.39 Å². The first kappa shape index (κ1) is 12.8. The molecule has 2 aromatic carbocycles. The lowest BCUT2D eigenvalue weighted by molar-refractivity contribution is 0.588. The van der Waals surface area contributed by atoms with Crippen molar-refractivity contribution in [1.29, 1.82) is 0 Å². The van der Waals surface area contributed by atoms with E-state index in [-0.39, 0.29) is 5.82 Å². The number of halogens is 1. The zero-order valence-electron chi connectivity index (χ0n) is 10.6. The van der Waals surface area contributed by atoms with Gasteiger partial charge in [0.1, 0.15) is 5.82 Å². The summed E-state index contributed by atoms with van der Waals surface area (Å²) in [5.74, 6) is -0.147. The van der Waals surface area contributed by atoms with Gasteiger partial charge in [-0.1, -0.05) is 49.4 Å². The van der Waals surface area contributed by atoms with Gasteiger partial charge in [-0.2, -0.15) is 0 Å². The maximum absolute atomic E-state index is 13.4. The van der Waals surface area contributed by atoms with Gasteiger partial charge >= 0.3 is 0 Å². The highest BCUT2D eigenvalue weighted by Gasteiger charge is 1.99. The van der Waals surface area contributed by atoms with Gasteiger partial charge in [0.25, 0.3) is 0 Å². The molecule has 0 amide bonds. The van der Waals surface area contributed by atoms with Crippen molar-refractivity contribution in [3.8, 4) is 0 Å². The van der Waals surface area contributed by atoms with E-state index >= 15 is 0 Å². The lowest BCUT2D eigenvalue weighted by Crippen LogP contribution is -2.13. The number of rotatable bonds is 5. The first-order chi connectivity index (χ1) is 8.79. The number of hydrogen-bond donors (Lipinski definition) is 1. The molecule has 0 saturated carbocycles. The van der Waals surface area contributed by atoms with E-state index in [1.165, 1.54) is 17.2 Å². The Bertz CT molecular complexity index is 491. The second-order valence-corrected chi connectivity index (χ2v) is 4.37. The van der Waals surface area contributed by atoms with Crippen LogP contribution in [-0.2, 0) is 19.5 Å². The van der Waals surface area contributed by atoms with Gasteiger partial charge in [-0.15, -0.1) is 0 Å². The maximum atomic E-state index is 13.4. The molecule has 2 heteroatoms. The van der Waals surface area contributed by atoms with Gasteiger partial charge in [0, 0.05) is 18.7 Å². The van der Waals surface area contributed by atoms with E-state index in [0.29, 0.717) is 12.1 Å². The average molecular weight is 243 g/mol. The lowest BCUT2D eigenvalue weighted by atomic mass is 10.1. The summed E-state index contributed by atoms with van der Waals surface area (Å²) in [6.45, 7) is 3.46. The molecule has 0 aliphatic heterocycles. The average Bonchev–Trinajstić information content (AvgIpc) is 2.42. The standard InChI is InChI=1S/C16H18FN/c1-2-13-7-9-14(10-8-13)11-18-12-15-5-3-4-6-16(15)17/h3-10,18H,2,11-12H2,1H3. The summed E-state index contributed by atoms with van der Waals surface area (Å²) in [7, 11) is 0. The van der Waals surface area contributed by atoms with E-state index in [4.69, 9.17) is 0 Å². The Morgan fingerprint density at radius 1 is 0.889 bits per heavy atom. The second kappa shape index (κ2) is 6.31. The molecule has 0 radical (unpaired) electrons. The minimum absolute atomic E-state index is 0.147. The molecule has 18 heavy (non-hydrogen) atoms. The molecule has 0 heterocycles. The predicted molar refractivity (Wildman–Crippen MR) is 72.8 cm³/mol. The molecule has 0 aliphatic rings. The summed E-state index contributed by atoms with van der Waals surface area (Å²) in [6, 6.07) is 15.4. The van der Waals surface area contributed by atoms with Crippen molar-refractivity contribution < 1.29 is 4.39 Å². The van der Waals surface area contributed by atoms with Crippen LogP contribution in [0.4, 0.5) is 4.39 Å². The third-order valence-electron chi connectivity index (χ3n) is 3.03. The smallest absolute Gasteiger partial charge is 0.127 e. The molecule has 94 valence electrons. The van der Waals surface area contributed by atoms with Crippen LogP contribution in [0.15, 0.2) is 48.5 Å². The van der Waals surface area contributed by atoms with E-state index in [2.05, 4.69) is 36.5 Å². The molecule has 2 rings (SSSR count). The number of hydrogen-bond acceptors (Lipinski definition) is 1. The Morgan fingerprint density at radius 3 is 2.22 bits per heavy atom. The first-order valence-electron chi connectivity index (χ1n) is 6.31. The number of nitrogens with one attached hydrogen (secondary N) is 1. The Morgan fingerprint density at radius 2 is 1.56 bits per heavy atom. The van der Waals surface area contributed by atoms with E-state index in [1.54, 1.807) is 6.07 Å². The van der Waals surface area contributed by atoms with Crippen LogP contribution in [0.5, 0.6) is 0 Å². The molecule has 2 aromatic rings. The highest BCUT2D eigenvalue weighted by atomic mass is 19.1. The molecular weight excluding hydrogens is 225 g/mol. The molecule has 0 saturated heterocycles. The molecule has 1 N–H and O–H groups in total. The summed E-state index contributed by atoms with van der Waals surface area (Å²) in [5.41, 5.74) is 3.28. The minimum Gasteiger partial charge on any atom is -0.309 e. The summed E-state index contributed by atoms with van der Waals surface area (Å²) in [6.07, 6.45) is 1.06. The topological polar surface area (TPSA) is 12.0 Å². The van der Waals surface area contributed by atoms with Crippen molar-refractivity contribution in [3.63, 3.8) is 0 Å². The predicted octanol–water partition coefficient (Wildman–Crippen LogP) is 3.68. The Labute approximate surface area is 108 Å². The van der Waals surface area contributed by atoms with E-state index in [0.717, 1.165) is 13.0 Å². The summed E-state index contributed by atoms with van der Waals surface area (Å²) in [5, 5.41) is 3.26. The van der Waals surface area contributed by atoms with Crippen LogP contribution >= 0.6 is 0 Å². The van der Waals surface area contributed by atoms with Crippen LogP contribution in [0, 0.1) is 5.82 Å². The van der Waals surface area contributed by atoms with Gasteiger partial charge in [-0.05, 0) is 23.6 Å². The first-order valence-corrected chi connectivity index (χ1v) is 6.31. The third-order valence-corrected chi connectivity index (χ3v) is 3.03. The van der Waals surface area contributed by atoms with Gasteiger partial charge in [-0.3, -0.25) is 0 Å². The fourth-order valence-corrected chi connectivity index (χ4v) is 1.88. The minimum atomic E-state index is -0.147. The Kier molecular flexibility index (Phi) is 4.48. The van der Waals surface area contributed by atoms with Crippen LogP contribution in [-0.4, -0.2) is 0 Å². The lowest BCUT2D eigenvalue weighted by Gasteiger charge is -2.06. The van der Waals surface area contributed by atoms with Gasteiger partial charge in [0.2, 0.25) is 0 Å². The SMILES string of the molecule is CCc1ccc(CNCc2ccccc2F)cc1. The Hall–Kier alpha value is -1.67. The number of aryl methyl sites for hydroxylation is 1. The summed E-state index contributed by atoms with van der Waals surface area (Å²) < 4.78 is 13.4. The zero-order valence-corrected chi connectivity index (χ0v) is 10.6. The van der Waals surface area contributed by atoms with Crippen LogP contribution < -0.4 is 5.32 Å². The van der Waals surface area contributed by atoms with Crippen molar-refractivity contribution in [3.05, 3.63) is 71.0 Å². The normalized spacial score (nSPS) is 10.6. The van der Waals surface area contributed by atoms with Crippen molar-refractivity contribution in [1.82, 2.24) is 5.32 Å². The summed E-state index contributed by atoms with van der Waals surface area (Å²) in [4.78, 5) is 0. The molecule has 0 spiro atoms. The zero-order chi connectivity index (χ0) is 12.8. The van der Waals surface area contributed by atoms with Gasteiger partial charge in [0.05, 0.1) is 0 Å². The van der Waals surface area contributed by atoms with Crippen molar-refractivity contribution in [2.45, 2.75) is 26.4 Å². The van der Waals surface area contributed by atoms with Gasteiger partial charge in [0.15, 0.2) is 0 Å². The molecule has 0 fully saturated rings. The van der Waals surface area contributed by atoms with Crippen molar-refractivity contribution in [2.24, 2.45) is 0 Å². The molecular formula is C16H18FN. The largest absolute Gasteiger partial charge is 0.309 e. The Balaban J connectivity index is 1.86.